The average molecular weight is 451 g/mol. The van der Waals surface area contributed by atoms with Crippen LogP contribution >= 0.6 is 11.3 Å². The predicted molar refractivity (Wildman–Crippen MR) is 136 cm³/mol. The molecule has 0 amide bonds. The number of allylic oxidation sites excluding steroid dienone is 3. The van der Waals surface area contributed by atoms with Crippen LogP contribution in [-0.2, 0) is 0 Å². The van der Waals surface area contributed by atoms with E-state index in [0.29, 0.717) is 6.04 Å². The summed E-state index contributed by atoms with van der Waals surface area (Å²) in [5.41, 5.74) is 6.87. The van der Waals surface area contributed by atoms with Crippen molar-refractivity contribution in [2.45, 2.75) is 40.2 Å². The van der Waals surface area contributed by atoms with Gasteiger partial charge in [-0.25, -0.2) is 10.8 Å². The second-order valence-electron chi connectivity index (χ2n) is 8.49. The summed E-state index contributed by atoms with van der Waals surface area (Å²) in [5, 5.41) is 4.70. The molecule has 1 atom stereocenters. The number of nitrogens with zero attached hydrogens (tertiary/aromatic N) is 5. The number of hydrazine groups is 1. The molecule has 0 radical (unpaired) electrons. The van der Waals surface area contributed by atoms with Crippen LogP contribution in [0.1, 0.15) is 34.1 Å². The second-order valence-corrected chi connectivity index (χ2v) is 9.33. The highest BCUT2D eigenvalue weighted by Gasteiger charge is 2.24. The minimum atomic E-state index is 0.379. The molecule has 1 unspecified atom stereocenters. The maximum atomic E-state index is 6.58. The molecule has 32 heavy (non-hydrogen) atoms. The summed E-state index contributed by atoms with van der Waals surface area (Å²) in [6.45, 7) is 11.6. The number of rotatable bonds is 7. The van der Waals surface area contributed by atoms with E-state index in [4.69, 9.17) is 10.8 Å². The number of likely N-dealkylation sites (N-methyl/N-ethyl adjacent to an activating group) is 1. The van der Waals surface area contributed by atoms with Crippen LogP contribution in [0.3, 0.4) is 0 Å². The zero-order valence-electron chi connectivity index (χ0n) is 19.7. The summed E-state index contributed by atoms with van der Waals surface area (Å²) < 4.78 is 0. The highest BCUT2D eigenvalue weighted by atomic mass is 32.1. The fourth-order valence-electron chi connectivity index (χ4n) is 4.32. The predicted octanol–water partition coefficient (Wildman–Crippen LogP) is 5.01. The van der Waals surface area contributed by atoms with E-state index < -0.39 is 0 Å². The Hall–Kier alpha value is -2.61. The largest absolute Gasteiger partial charge is 0.359 e. The van der Waals surface area contributed by atoms with Crippen molar-refractivity contribution < 1.29 is 0 Å². The van der Waals surface area contributed by atoms with Crippen molar-refractivity contribution in [1.82, 2.24) is 14.8 Å². The van der Waals surface area contributed by atoms with Crippen LogP contribution in [0, 0.1) is 0 Å². The van der Waals surface area contributed by atoms with E-state index >= 15 is 0 Å². The summed E-state index contributed by atoms with van der Waals surface area (Å²) in [6, 6.07) is 8.97. The van der Waals surface area contributed by atoms with Gasteiger partial charge in [0.25, 0.3) is 0 Å². The van der Waals surface area contributed by atoms with Crippen LogP contribution < -0.4 is 15.8 Å². The van der Waals surface area contributed by atoms with Crippen molar-refractivity contribution in [3.8, 4) is 11.3 Å². The van der Waals surface area contributed by atoms with Crippen molar-refractivity contribution in [1.29, 1.82) is 0 Å². The number of aromatic nitrogens is 1. The molecular weight excluding hydrogens is 416 g/mol. The van der Waals surface area contributed by atoms with Gasteiger partial charge in [0.15, 0.2) is 0 Å². The van der Waals surface area contributed by atoms with Gasteiger partial charge in [0.2, 0.25) is 5.13 Å². The summed E-state index contributed by atoms with van der Waals surface area (Å²) in [4.78, 5) is 11.8. The van der Waals surface area contributed by atoms with Crippen LogP contribution in [-0.4, -0.2) is 47.6 Å². The third kappa shape index (κ3) is 4.46. The molecular formula is C25H34N6S. The summed E-state index contributed by atoms with van der Waals surface area (Å²) in [6.07, 6.45) is 7.58. The maximum absolute atomic E-state index is 6.58. The zero-order chi connectivity index (χ0) is 22.8. The minimum absolute atomic E-state index is 0.379. The monoisotopic (exact) mass is 450 g/mol. The van der Waals surface area contributed by atoms with Crippen molar-refractivity contribution >= 4 is 22.2 Å². The van der Waals surface area contributed by atoms with Crippen molar-refractivity contribution in [3.63, 3.8) is 0 Å². The lowest BCUT2D eigenvalue weighted by Crippen LogP contribution is -2.40. The van der Waals surface area contributed by atoms with Gasteiger partial charge in [-0.15, -0.1) is 11.3 Å². The third-order valence-electron chi connectivity index (χ3n) is 6.50. The number of thiazole rings is 1. The number of nitrogens with two attached hydrogens (primary N) is 1. The summed E-state index contributed by atoms with van der Waals surface area (Å²) in [7, 11) is 2.11. The van der Waals surface area contributed by atoms with Crippen LogP contribution in [0.25, 0.3) is 11.3 Å². The Balaban J connectivity index is 1.49. The molecule has 7 heteroatoms. The quantitative estimate of drug-likeness (QED) is 0.473. The molecule has 1 aliphatic carbocycles. The van der Waals surface area contributed by atoms with Gasteiger partial charge in [0.05, 0.1) is 12.4 Å². The molecule has 2 N–H and O–H groups in total. The molecule has 1 aromatic heterocycles. The summed E-state index contributed by atoms with van der Waals surface area (Å²) >= 11 is 1.59. The van der Waals surface area contributed by atoms with Gasteiger partial charge in [0, 0.05) is 53.7 Å². The number of hydrogen-bond donors (Lipinski definition) is 1. The number of benzene rings is 1. The first kappa shape index (κ1) is 22.6. The van der Waals surface area contributed by atoms with E-state index in [0.717, 1.165) is 48.3 Å². The Kier molecular flexibility index (Phi) is 6.69. The smallest absolute Gasteiger partial charge is 0.204 e. The molecule has 1 aromatic carbocycles. The van der Waals surface area contributed by atoms with Gasteiger partial charge in [-0.05, 0) is 44.6 Å². The third-order valence-corrected chi connectivity index (χ3v) is 7.34. The fraction of sp³-hybridized carbons (Fsp3) is 0.400. The van der Waals surface area contributed by atoms with E-state index in [9.17, 15) is 0 Å². The molecule has 2 aromatic rings. The Morgan fingerprint density at radius 3 is 2.50 bits per heavy atom. The van der Waals surface area contributed by atoms with Gasteiger partial charge in [0.1, 0.15) is 0 Å². The van der Waals surface area contributed by atoms with Gasteiger partial charge in [-0.1, -0.05) is 38.1 Å². The summed E-state index contributed by atoms with van der Waals surface area (Å²) in [5.74, 6) is 6.58. The minimum Gasteiger partial charge on any atom is -0.359 e. The lowest BCUT2D eigenvalue weighted by Gasteiger charge is -2.33. The lowest BCUT2D eigenvalue weighted by molar-refractivity contribution is 0.249. The normalized spacial score (nSPS) is 18.7. The number of anilines is 2. The standard InChI is InChI=1S/C25H34N6S/c1-6-29(7-2)22-11-8-18(3)24(14-22)31(26)25-27-23(16-32-25)20-9-12-21(13-10-20)30-15-19(4)28(5)17-30/h8-13,15-16,22H,6-7,14,17,26H2,1-5H3. The zero-order valence-corrected chi connectivity index (χ0v) is 20.6. The van der Waals surface area contributed by atoms with Crippen LogP contribution in [0.5, 0.6) is 0 Å². The van der Waals surface area contributed by atoms with Gasteiger partial charge in [-0.2, -0.15) is 0 Å². The van der Waals surface area contributed by atoms with Gasteiger partial charge < -0.3 is 9.80 Å². The van der Waals surface area contributed by atoms with E-state index in [-0.39, 0.29) is 0 Å². The second kappa shape index (κ2) is 9.48. The van der Waals surface area contributed by atoms with Crippen molar-refractivity contribution in [2.24, 2.45) is 5.84 Å². The molecule has 2 aliphatic rings. The number of hydrogen-bond acceptors (Lipinski definition) is 7. The SMILES string of the molecule is CCN(CC)C1C=CC(C)=C(N(N)c2nc(-c3ccc(N4C=C(C)N(C)C4)cc3)cs2)C1. The highest BCUT2D eigenvalue weighted by Crippen LogP contribution is 2.33. The lowest BCUT2D eigenvalue weighted by atomic mass is 9.98. The Bertz CT molecular complexity index is 1030. The molecule has 0 fully saturated rings. The molecule has 4 rings (SSSR count). The first-order valence-electron chi connectivity index (χ1n) is 11.3. The first-order chi connectivity index (χ1) is 15.4. The molecule has 6 nitrogen and oxygen atoms in total. The van der Waals surface area contributed by atoms with Gasteiger partial charge >= 0.3 is 0 Å². The Morgan fingerprint density at radius 2 is 1.88 bits per heavy atom. The van der Waals surface area contributed by atoms with Crippen molar-refractivity contribution in [2.75, 3.05) is 36.7 Å². The topological polar surface area (TPSA) is 51.9 Å². The van der Waals surface area contributed by atoms with E-state index in [1.807, 2.05) is 0 Å². The van der Waals surface area contributed by atoms with E-state index in [1.54, 1.807) is 16.3 Å². The Labute approximate surface area is 195 Å². The molecule has 2 heterocycles. The first-order valence-corrected chi connectivity index (χ1v) is 12.2. The average Bonchev–Trinajstić information content (AvgIpc) is 3.42. The maximum Gasteiger partial charge on any atom is 0.204 e. The Morgan fingerprint density at radius 1 is 1.16 bits per heavy atom. The highest BCUT2D eigenvalue weighted by molar-refractivity contribution is 7.14. The van der Waals surface area contributed by atoms with E-state index in [1.165, 1.54) is 17.0 Å². The van der Waals surface area contributed by atoms with Crippen LogP contribution in [0.15, 0.2) is 65.0 Å². The molecule has 0 saturated heterocycles. The van der Waals surface area contributed by atoms with Crippen molar-refractivity contribution in [3.05, 3.63) is 65.0 Å². The van der Waals surface area contributed by atoms with Crippen LogP contribution in [0.2, 0.25) is 0 Å². The molecule has 0 bridgehead atoms. The van der Waals surface area contributed by atoms with E-state index in [2.05, 4.69) is 97.4 Å². The molecule has 0 spiro atoms. The van der Waals surface area contributed by atoms with Gasteiger partial charge in [-0.3, -0.25) is 9.91 Å². The fourth-order valence-corrected chi connectivity index (χ4v) is 5.10. The molecule has 170 valence electrons. The molecule has 0 saturated carbocycles. The molecule has 1 aliphatic heterocycles. The van der Waals surface area contributed by atoms with Crippen LogP contribution in [0.4, 0.5) is 10.8 Å².